The lowest BCUT2D eigenvalue weighted by Crippen LogP contribution is -2.14. The van der Waals surface area contributed by atoms with Crippen molar-refractivity contribution in [1.82, 2.24) is 15.5 Å². The second-order valence-electron chi connectivity index (χ2n) is 4.44. The lowest BCUT2D eigenvalue weighted by molar-refractivity contribution is 0.630. The number of hydrogen-bond donors (Lipinski definition) is 1. The number of halogens is 1. The lowest BCUT2D eigenvalue weighted by atomic mass is 10.1. The molecule has 0 aliphatic heterocycles. The van der Waals surface area contributed by atoms with Gasteiger partial charge >= 0.3 is 0 Å². The third kappa shape index (κ3) is 3.81. The molecule has 0 unspecified atom stereocenters. The van der Waals surface area contributed by atoms with Crippen LogP contribution in [0.25, 0.3) is 10.6 Å². The van der Waals surface area contributed by atoms with Gasteiger partial charge in [-0.1, -0.05) is 29.9 Å². The highest BCUT2D eigenvalue weighted by Gasteiger charge is 2.11. The monoisotopic (exact) mass is 279 g/mol. The molecule has 0 saturated heterocycles. The minimum atomic E-state index is -0.235. The molecule has 19 heavy (non-hydrogen) atoms. The molecule has 0 aliphatic carbocycles. The third-order valence-corrected chi connectivity index (χ3v) is 3.83. The Morgan fingerprint density at radius 2 is 2.16 bits per heavy atom. The lowest BCUT2D eigenvalue weighted by Gasteiger charge is -1.99. The molecule has 0 aliphatic rings. The van der Waals surface area contributed by atoms with Gasteiger partial charge in [0.05, 0.1) is 0 Å². The van der Waals surface area contributed by atoms with Crippen molar-refractivity contribution in [2.75, 3.05) is 13.1 Å². The molecule has 0 fully saturated rings. The highest BCUT2D eigenvalue weighted by molar-refractivity contribution is 7.14. The van der Waals surface area contributed by atoms with E-state index in [-0.39, 0.29) is 5.82 Å². The molecular formula is C14H18FN3S. The van der Waals surface area contributed by atoms with Crippen molar-refractivity contribution in [3.05, 3.63) is 34.6 Å². The Morgan fingerprint density at radius 3 is 2.95 bits per heavy atom. The third-order valence-electron chi connectivity index (χ3n) is 2.81. The quantitative estimate of drug-likeness (QED) is 0.825. The molecule has 2 rings (SSSR count). The average Bonchev–Trinajstić information content (AvgIpc) is 2.86. The molecule has 0 amide bonds. The summed E-state index contributed by atoms with van der Waals surface area (Å²) in [6, 6.07) is 5.06. The zero-order valence-corrected chi connectivity index (χ0v) is 12.1. The Bertz CT molecular complexity index is 539. The Balaban J connectivity index is 2.06. The van der Waals surface area contributed by atoms with E-state index < -0.39 is 0 Å². The first-order valence-corrected chi connectivity index (χ1v) is 7.32. The van der Waals surface area contributed by atoms with E-state index in [0.717, 1.165) is 36.5 Å². The molecule has 0 saturated carbocycles. The molecule has 0 atom stereocenters. The van der Waals surface area contributed by atoms with Crippen LogP contribution in [0.1, 0.15) is 23.9 Å². The predicted octanol–water partition coefficient (Wildman–Crippen LogP) is 3.19. The Hall–Kier alpha value is -1.33. The molecule has 1 N–H and O–H groups in total. The Kier molecular flexibility index (Phi) is 4.99. The van der Waals surface area contributed by atoms with Crippen LogP contribution in [-0.2, 0) is 6.42 Å². The second-order valence-corrected chi connectivity index (χ2v) is 5.50. The first kappa shape index (κ1) is 14.1. The van der Waals surface area contributed by atoms with E-state index in [1.54, 1.807) is 6.07 Å². The van der Waals surface area contributed by atoms with Crippen molar-refractivity contribution < 1.29 is 4.39 Å². The van der Waals surface area contributed by atoms with Crippen LogP contribution in [0.15, 0.2) is 18.2 Å². The summed E-state index contributed by atoms with van der Waals surface area (Å²) in [5, 5.41) is 13.1. The normalized spacial score (nSPS) is 10.9. The van der Waals surface area contributed by atoms with E-state index in [1.165, 1.54) is 17.4 Å². The van der Waals surface area contributed by atoms with Crippen LogP contribution in [0.4, 0.5) is 4.39 Å². The largest absolute Gasteiger partial charge is 0.317 e. The van der Waals surface area contributed by atoms with E-state index in [1.807, 2.05) is 13.0 Å². The smallest absolute Gasteiger partial charge is 0.150 e. The van der Waals surface area contributed by atoms with Crippen LogP contribution < -0.4 is 5.32 Å². The SMILES string of the molecule is CCNCCCc1nnc(-c2cc(C)ccc2F)s1. The van der Waals surface area contributed by atoms with Gasteiger partial charge in [0.1, 0.15) is 10.8 Å². The zero-order valence-electron chi connectivity index (χ0n) is 11.2. The molecule has 102 valence electrons. The van der Waals surface area contributed by atoms with Gasteiger partial charge in [-0.15, -0.1) is 10.2 Å². The molecule has 1 aromatic heterocycles. The van der Waals surface area contributed by atoms with E-state index in [4.69, 9.17) is 0 Å². The van der Waals surface area contributed by atoms with Gasteiger partial charge in [-0.2, -0.15) is 0 Å². The van der Waals surface area contributed by atoms with Crippen molar-refractivity contribution >= 4 is 11.3 Å². The molecule has 1 heterocycles. The summed E-state index contributed by atoms with van der Waals surface area (Å²) >= 11 is 1.48. The van der Waals surface area contributed by atoms with Crippen LogP contribution >= 0.6 is 11.3 Å². The predicted molar refractivity (Wildman–Crippen MR) is 76.9 cm³/mol. The molecular weight excluding hydrogens is 261 g/mol. The molecule has 0 spiro atoms. The average molecular weight is 279 g/mol. The van der Waals surface area contributed by atoms with E-state index in [9.17, 15) is 4.39 Å². The fourth-order valence-electron chi connectivity index (χ4n) is 1.81. The van der Waals surface area contributed by atoms with Gasteiger partial charge in [-0.3, -0.25) is 0 Å². The number of nitrogens with one attached hydrogen (secondary N) is 1. The van der Waals surface area contributed by atoms with E-state index in [0.29, 0.717) is 10.6 Å². The second kappa shape index (κ2) is 6.73. The maximum atomic E-state index is 13.7. The number of aryl methyl sites for hydroxylation is 2. The number of nitrogens with zero attached hydrogens (tertiary/aromatic N) is 2. The summed E-state index contributed by atoms with van der Waals surface area (Å²) < 4.78 is 13.7. The van der Waals surface area contributed by atoms with E-state index in [2.05, 4.69) is 22.4 Å². The molecule has 0 bridgehead atoms. The highest BCUT2D eigenvalue weighted by Crippen LogP contribution is 2.27. The van der Waals surface area contributed by atoms with Crippen LogP contribution in [-0.4, -0.2) is 23.3 Å². The van der Waals surface area contributed by atoms with Gasteiger partial charge < -0.3 is 5.32 Å². The van der Waals surface area contributed by atoms with Crippen molar-refractivity contribution in [1.29, 1.82) is 0 Å². The Morgan fingerprint density at radius 1 is 1.32 bits per heavy atom. The van der Waals surface area contributed by atoms with Gasteiger partial charge in [0.25, 0.3) is 0 Å². The van der Waals surface area contributed by atoms with Crippen molar-refractivity contribution in [3.63, 3.8) is 0 Å². The van der Waals surface area contributed by atoms with Crippen molar-refractivity contribution in [2.24, 2.45) is 0 Å². The number of benzene rings is 1. The van der Waals surface area contributed by atoms with Crippen LogP contribution in [0.5, 0.6) is 0 Å². The Labute approximate surface area is 116 Å². The van der Waals surface area contributed by atoms with Gasteiger partial charge in [0.2, 0.25) is 0 Å². The van der Waals surface area contributed by atoms with Crippen molar-refractivity contribution in [3.8, 4) is 10.6 Å². The van der Waals surface area contributed by atoms with Crippen LogP contribution in [0.2, 0.25) is 0 Å². The zero-order chi connectivity index (χ0) is 13.7. The summed E-state index contributed by atoms with van der Waals surface area (Å²) in [5.74, 6) is -0.235. The fourth-order valence-corrected chi connectivity index (χ4v) is 2.71. The molecule has 1 aromatic carbocycles. The number of hydrogen-bond acceptors (Lipinski definition) is 4. The standard InChI is InChI=1S/C14H18FN3S/c1-3-16-8-4-5-13-17-18-14(19-13)11-9-10(2)6-7-12(11)15/h6-7,9,16H,3-5,8H2,1-2H3. The van der Waals surface area contributed by atoms with Crippen molar-refractivity contribution in [2.45, 2.75) is 26.7 Å². The summed E-state index contributed by atoms with van der Waals surface area (Å²) in [5.41, 5.74) is 1.58. The molecule has 3 nitrogen and oxygen atoms in total. The topological polar surface area (TPSA) is 37.8 Å². The maximum Gasteiger partial charge on any atom is 0.150 e. The molecule has 5 heteroatoms. The van der Waals surface area contributed by atoms with Crippen LogP contribution in [0.3, 0.4) is 0 Å². The first-order valence-electron chi connectivity index (χ1n) is 6.50. The molecule has 0 radical (unpaired) electrons. The summed E-state index contributed by atoms with van der Waals surface area (Å²) in [6.45, 7) is 5.99. The van der Waals surface area contributed by atoms with Gasteiger partial charge in [0, 0.05) is 12.0 Å². The van der Waals surface area contributed by atoms with Gasteiger partial charge in [0.15, 0.2) is 5.01 Å². The molecule has 2 aromatic rings. The van der Waals surface area contributed by atoms with E-state index >= 15 is 0 Å². The minimum absolute atomic E-state index is 0.235. The first-order chi connectivity index (χ1) is 9.20. The summed E-state index contributed by atoms with van der Waals surface area (Å²) in [4.78, 5) is 0. The van der Waals surface area contributed by atoms with Gasteiger partial charge in [-0.25, -0.2) is 4.39 Å². The highest BCUT2D eigenvalue weighted by atomic mass is 32.1. The maximum absolute atomic E-state index is 13.7. The van der Waals surface area contributed by atoms with Crippen LogP contribution in [0, 0.1) is 12.7 Å². The number of aromatic nitrogens is 2. The summed E-state index contributed by atoms with van der Waals surface area (Å²) in [6.07, 6.45) is 1.91. The minimum Gasteiger partial charge on any atom is -0.317 e. The van der Waals surface area contributed by atoms with Gasteiger partial charge in [-0.05, 0) is 38.6 Å². The summed E-state index contributed by atoms with van der Waals surface area (Å²) in [7, 11) is 0. The number of rotatable bonds is 6. The fraction of sp³-hybridized carbons (Fsp3) is 0.429.